The number of hydrogen-bond acceptors (Lipinski definition) is 5. The van der Waals surface area contributed by atoms with E-state index in [-0.39, 0.29) is 12.7 Å². The van der Waals surface area contributed by atoms with Crippen molar-refractivity contribution in [2.75, 3.05) is 14.2 Å². The van der Waals surface area contributed by atoms with Gasteiger partial charge in [-0.05, 0) is 37.6 Å². The zero-order valence-corrected chi connectivity index (χ0v) is 12.4. The molecule has 0 bridgehead atoms. The average molecular weight is 282 g/mol. The van der Waals surface area contributed by atoms with Crippen molar-refractivity contribution < 1.29 is 24.0 Å². The molecule has 0 aliphatic rings. The highest BCUT2D eigenvalue weighted by molar-refractivity contribution is 5.42. The molecule has 0 fully saturated rings. The molecule has 0 N–H and O–H groups in total. The first kappa shape index (κ1) is 16.5. The Bertz CT molecular complexity index is 417. The van der Waals surface area contributed by atoms with E-state index >= 15 is 0 Å². The van der Waals surface area contributed by atoms with Gasteiger partial charge < -0.3 is 14.2 Å². The summed E-state index contributed by atoms with van der Waals surface area (Å²) in [4.78, 5) is 10.3. The minimum Gasteiger partial charge on any atom is -0.493 e. The Balaban J connectivity index is 2.51. The van der Waals surface area contributed by atoms with Crippen molar-refractivity contribution in [3.8, 4) is 11.5 Å². The lowest BCUT2D eigenvalue weighted by molar-refractivity contribution is -0.376. The predicted octanol–water partition coefficient (Wildman–Crippen LogP) is 3.09. The summed E-state index contributed by atoms with van der Waals surface area (Å²) >= 11 is 0. The fourth-order valence-electron chi connectivity index (χ4n) is 1.53. The second-order valence-corrected chi connectivity index (χ2v) is 4.34. The first-order valence-electron chi connectivity index (χ1n) is 6.38. The average Bonchev–Trinajstić information content (AvgIpc) is 2.45. The van der Waals surface area contributed by atoms with Gasteiger partial charge in [0.1, 0.15) is 6.61 Å². The molecule has 5 nitrogen and oxygen atoms in total. The molecule has 1 aromatic rings. The zero-order chi connectivity index (χ0) is 15.0. The highest BCUT2D eigenvalue weighted by Crippen LogP contribution is 2.27. The van der Waals surface area contributed by atoms with Crippen LogP contribution in [0.25, 0.3) is 0 Å². The lowest BCUT2D eigenvalue weighted by atomic mass is 10.2. The molecule has 0 amide bonds. The van der Waals surface area contributed by atoms with E-state index in [4.69, 9.17) is 24.0 Å². The van der Waals surface area contributed by atoms with E-state index < -0.39 is 6.29 Å². The van der Waals surface area contributed by atoms with E-state index in [2.05, 4.69) is 6.58 Å². The normalized spacial score (nSPS) is 12.2. The largest absolute Gasteiger partial charge is 0.493 e. The maximum absolute atomic E-state index is 5.41. The van der Waals surface area contributed by atoms with Crippen molar-refractivity contribution in [2.45, 2.75) is 32.8 Å². The van der Waals surface area contributed by atoms with Gasteiger partial charge in [-0.2, -0.15) is 4.89 Å². The van der Waals surface area contributed by atoms with Crippen molar-refractivity contribution in [1.82, 2.24) is 0 Å². The Morgan fingerprint density at radius 2 is 1.85 bits per heavy atom. The molecule has 0 aromatic heterocycles. The molecule has 0 saturated carbocycles. The summed E-state index contributed by atoms with van der Waals surface area (Å²) in [5, 5.41) is 0. The molecule has 1 unspecified atom stereocenters. The molecule has 112 valence electrons. The third kappa shape index (κ3) is 5.21. The Kier molecular flexibility index (Phi) is 7.08. The van der Waals surface area contributed by atoms with Gasteiger partial charge in [0, 0.05) is 0 Å². The maximum Gasteiger partial charge on any atom is 0.210 e. The van der Waals surface area contributed by atoms with Gasteiger partial charge in [-0.25, -0.2) is 4.89 Å². The minimum absolute atomic E-state index is 0.0303. The second-order valence-electron chi connectivity index (χ2n) is 4.34. The maximum atomic E-state index is 5.41. The number of rotatable bonds is 9. The van der Waals surface area contributed by atoms with Crippen LogP contribution in [-0.2, 0) is 21.1 Å². The van der Waals surface area contributed by atoms with Crippen molar-refractivity contribution in [2.24, 2.45) is 0 Å². The Morgan fingerprint density at radius 3 is 2.40 bits per heavy atom. The quantitative estimate of drug-likeness (QED) is 0.301. The van der Waals surface area contributed by atoms with Gasteiger partial charge in [-0.1, -0.05) is 12.6 Å². The second kappa shape index (κ2) is 8.58. The van der Waals surface area contributed by atoms with Crippen LogP contribution in [0.3, 0.4) is 0 Å². The molecule has 0 heterocycles. The summed E-state index contributed by atoms with van der Waals surface area (Å²) in [7, 11) is 3.18. The molecule has 20 heavy (non-hydrogen) atoms. The van der Waals surface area contributed by atoms with E-state index in [9.17, 15) is 0 Å². The summed E-state index contributed by atoms with van der Waals surface area (Å²) in [5.41, 5.74) is 0.898. The lowest BCUT2D eigenvalue weighted by Gasteiger charge is -2.16. The van der Waals surface area contributed by atoms with E-state index in [1.807, 2.05) is 32.0 Å². The highest BCUT2D eigenvalue weighted by atomic mass is 17.2. The van der Waals surface area contributed by atoms with Crippen LogP contribution >= 0.6 is 0 Å². The molecule has 0 saturated heterocycles. The molecule has 5 heteroatoms. The highest BCUT2D eigenvalue weighted by Gasteiger charge is 2.09. The minimum atomic E-state index is -0.588. The van der Waals surface area contributed by atoms with E-state index in [0.29, 0.717) is 11.5 Å². The van der Waals surface area contributed by atoms with Crippen LogP contribution in [0.4, 0.5) is 0 Å². The molecular weight excluding hydrogens is 260 g/mol. The Morgan fingerprint density at radius 1 is 1.15 bits per heavy atom. The monoisotopic (exact) mass is 282 g/mol. The number of benzene rings is 1. The van der Waals surface area contributed by atoms with Crippen LogP contribution in [-0.4, -0.2) is 26.6 Å². The molecule has 0 spiro atoms. The molecule has 1 aromatic carbocycles. The number of ether oxygens (including phenoxy) is 3. The molecule has 0 radical (unpaired) electrons. The zero-order valence-electron chi connectivity index (χ0n) is 12.4. The van der Waals surface area contributed by atoms with Crippen molar-refractivity contribution in [3.05, 3.63) is 36.4 Å². The van der Waals surface area contributed by atoms with Crippen molar-refractivity contribution in [1.29, 1.82) is 0 Å². The van der Waals surface area contributed by atoms with Gasteiger partial charge in [-0.3, -0.25) is 0 Å². The van der Waals surface area contributed by atoms with Crippen LogP contribution in [0, 0.1) is 0 Å². The van der Waals surface area contributed by atoms with Gasteiger partial charge >= 0.3 is 0 Å². The van der Waals surface area contributed by atoms with Crippen LogP contribution in [0.5, 0.6) is 11.5 Å². The fraction of sp³-hybridized carbons (Fsp3) is 0.467. The third-order valence-corrected chi connectivity index (χ3v) is 2.44. The lowest BCUT2D eigenvalue weighted by Crippen LogP contribution is -2.19. The van der Waals surface area contributed by atoms with Crippen molar-refractivity contribution in [3.63, 3.8) is 0 Å². The van der Waals surface area contributed by atoms with E-state index in [1.165, 1.54) is 6.08 Å². The first-order valence-corrected chi connectivity index (χ1v) is 6.38. The summed E-state index contributed by atoms with van der Waals surface area (Å²) in [6, 6.07) is 5.51. The van der Waals surface area contributed by atoms with Crippen LogP contribution in [0.15, 0.2) is 30.9 Å². The Hall–Kier alpha value is -1.56. The summed E-state index contributed by atoms with van der Waals surface area (Å²) in [6.07, 6.45) is 0.979. The number of hydrogen-bond donors (Lipinski definition) is 0. The molecular formula is C15H22O5. The van der Waals surface area contributed by atoms with Crippen LogP contribution < -0.4 is 9.47 Å². The molecule has 1 atom stereocenters. The fourth-order valence-corrected chi connectivity index (χ4v) is 1.53. The SMILES string of the molecule is C=CC(OOCc1ccc(OC)c(OC)c1)OC(C)C. The van der Waals surface area contributed by atoms with Crippen molar-refractivity contribution >= 4 is 0 Å². The van der Waals surface area contributed by atoms with Crippen LogP contribution in [0.1, 0.15) is 19.4 Å². The van der Waals surface area contributed by atoms with Crippen LogP contribution in [0.2, 0.25) is 0 Å². The molecule has 0 aliphatic heterocycles. The summed E-state index contributed by atoms with van der Waals surface area (Å²) < 4.78 is 15.8. The molecule has 1 rings (SSSR count). The molecule has 0 aliphatic carbocycles. The summed E-state index contributed by atoms with van der Waals surface area (Å²) in [6.45, 7) is 7.72. The van der Waals surface area contributed by atoms with Gasteiger partial charge in [-0.15, -0.1) is 0 Å². The standard InChI is InChI=1S/C15H22O5/c1-6-15(19-11(2)3)20-18-10-12-7-8-13(16-4)14(9-12)17-5/h6-9,11,15H,1,10H2,2-5H3. The topological polar surface area (TPSA) is 46.2 Å². The first-order chi connectivity index (χ1) is 9.60. The van der Waals surface area contributed by atoms with E-state index in [0.717, 1.165) is 5.56 Å². The number of methoxy groups -OCH3 is 2. The van der Waals surface area contributed by atoms with E-state index in [1.54, 1.807) is 14.2 Å². The summed E-state index contributed by atoms with van der Waals surface area (Å²) in [5.74, 6) is 1.32. The van der Waals surface area contributed by atoms with Gasteiger partial charge in [0.2, 0.25) is 6.29 Å². The predicted molar refractivity (Wildman–Crippen MR) is 75.6 cm³/mol. The third-order valence-electron chi connectivity index (χ3n) is 2.44. The van der Waals surface area contributed by atoms with Gasteiger partial charge in [0.25, 0.3) is 0 Å². The Labute approximate surface area is 120 Å². The van der Waals surface area contributed by atoms with Gasteiger partial charge in [0.05, 0.1) is 20.3 Å². The van der Waals surface area contributed by atoms with Gasteiger partial charge in [0.15, 0.2) is 11.5 Å². The smallest absolute Gasteiger partial charge is 0.210 e.